The normalized spacial score (nSPS) is 13.2. The predicted molar refractivity (Wildman–Crippen MR) is 130 cm³/mol. The first-order valence-corrected chi connectivity index (χ1v) is 13.2. The molecule has 0 aliphatic heterocycles. The molecule has 0 amide bonds. The van der Waals surface area contributed by atoms with Gasteiger partial charge in [-0.2, -0.15) is 26.3 Å². The van der Waals surface area contributed by atoms with Crippen LogP contribution in [0.15, 0.2) is 65.3 Å². The third-order valence-corrected chi connectivity index (χ3v) is 8.39. The van der Waals surface area contributed by atoms with Gasteiger partial charge in [0, 0.05) is 11.7 Å². The number of nitrogens with zero attached hydrogens (tertiary/aromatic N) is 3. The first kappa shape index (κ1) is 27.8. The number of hydrogen-bond acceptors (Lipinski definition) is 5. The summed E-state index contributed by atoms with van der Waals surface area (Å²) in [6, 6.07) is 8.72. The van der Waals surface area contributed by atoms with Crippen LogP contribution in [0.25, 0.3) is 27.5 Å². The monoisotopic (exact) mass is 574 g/mol. The summed E-state index contributed by atoms with van der Waals surface area (Å²) < 4.78 is 109. The van der Waals surface area contributed by atoms with Crippen molar-refractivity contribution in [2.75, 3.05) is 0 Å². The quantitative estimate of drug-likeness (QED) is 0.267. The van der Waals surface area contributed by atoms with Gasteiger partial charge >= 0.3 is 12.4 Å². The molecule has 0 fully saturated rings. The summed E-state index contributed by atoms with van der Waals surface area (Å²) in [6.45, 7) is 5.09. The average molecular weight is 575 g/mol. The highest BCUT2D eigenvalue weighted by Gasteiger charge is 2.34. The Labute approximate surface area is 218 Å². The maximum atomic E-state index is 13.6. The Morgan fingerprint density at radius 2 is 1.53 bits per heavy atom. The van der Waals surface area contributed by atoms with Gasteiger partial charge in [0.05, 0.1) is 16.1 Å². The zero-order chi connectivity index (χ0) is 28.1. The number of thiophene rings is 1. The van der Waals surface area contributed by atoms with Crippen molar-refractivity contribution in [2.45, 2.75) is 42.9 Å². The SMILES string of the molecule is CC(C)(C)NS(=O)(=O)c1ccc(-c2cn(-c3cc(-c4ccc(C(F)(F)F)cc4)cc(C(F)(F)F)n3)cn2)s1. The number of hydrogen-bond donors (Lipinski definition) is 1. The van der Waals surface area contributed by atoms with Crippen molar-refractivity contribution >= 4 is 21.4 Å². The second kappa shape index (κ2) is 9.50. The van der Waals surface area contributed by atoms with E-state index in [2.05, 4.69) is 14.7 Å². The number of alkyl halides is 6. The maximum Gasteiger partial charge on any atom is 0.433 e. The summed E-state index contributed by atoms with van der Waals surface area (Å²) in [6.07, 6.45) is -6.80. The van der Waals surface area contributed by atoms with Crippen molar-refractivity contribution in [3.05, 3.63) is 72.3 Å². The molecule has 3 heterocycles. The number of benzene rings is 1. The Kier molecular flexibility index (Phi) is 6.95. The topological polar surface area (TPSA) is 76.9 Å². The molecule has 6 nitrogen and oxygen atoms in total. The van der Waals surface area contributed by atoms with Crippen LogP contribution in [-0.4, -0.2) is 28.5 Å². The fourth-order valence-electron chi connectivity index (χ4n) is 3.44. The number of halogens is 6. The molecule has 38 heavy (non-hydrogen) atoms. The lowest BCUT2D eigenvalue weighted by molar-refractivity contribution is -0.141. The van der Waals surface area contributed by atoms with Gasteiger partial charge in [0.2, 0.25) is 0 Å². The van der Waals surface area contributed by atoms with E-state index in [1.807, 2.05) is 0 Å². The highest BCUT2D eigenvalue weighted by Crippen LogP contribution is 2.35. The van der Waals surface area contributed by atoms with Gasteiger partial charge in [-0.3, -0.25) is 4.57 Å². The van der Waals surface area contributed by atoms with E-state index in [-0.39, 0.29) is 21.2 Å². The minimum absolute atomic E-state index is 0.00376. The van der Waals surface area contributed by atoms with Crippen LogP contribution < -0.4 is 4.72 Å². The molecular formula is C24H20F6N4O2S2. The molecule has 0 saturated heterocycles. The second-order valence-corrected chi connectivity index (χ2v) is 12.3. The number of pyridine rings is 1. The number of sulfonamides is 1. The molecule has 0 radical (unpaired) electrons. The number of imidazole rings is 1. The zero-order valence-corrected chi connectivity index (χ0v) is 21.6. The predicted octanol–water partition coefficient (Wildman–Crippen LogP) is 6.78. The van der Waals surface area contributed by atoms with E-state index in [1.54, 1.807) is 20.8 Å². The number of nitrogens with one attached hydrogen (secondary N) is 1. The average Bonchev–Trinajstić information content (AvgIpc) is 3.46. The summed E-state index contributed by atoms with van der Waals surface area (Å²) in [5.74, 6) is -0.174. The first-order chi connectivity index (χ1) is 17.4. The lowest BCUT2D eigenvalue weighted by Gasteiger charge is -2.19. The molecule has 4 rings (SSSR count). The van der Waals surface area contributed by atoms with Gasteiger partial charge in [0.1, 0.15) is 22.0 Å². The molecule has 14 heteroatoms. The Morgan fingerprint density at radius 3 is 2.11 bits per heavy atom. The molecule has 1 aromatic carbocycles. The Morgan fingerprint density at radius 1 is 0.868 bits per heavy atom. The summed E-state index contributed by atoms with van der Waals surface area (Å²) in [4.78, 5) is 8.29. The molecule has 202 valence electrons. The third-order valence-electron chi connectivity index (χ3n) is 5.03. The highest BCUT2D eigenvalue weighted by molar-refractivity contribution is 7.91. The lowest BCUT2D eigenvalue weighted by atomic mass is 10.0. The Bertz CT molecular complexity index is 1560. The fourth-order valence-corrected chi connectivity index (χ4v) is 6.13. The van der Waals surface area contributed by atoms with Crippen molar-refractivity contribution in [2.24, 2.45) is 0 Å². The molecule has 0 bridgehead atoms. The summed E-state index contributed by atoms with van der Waals surface area (Å²) in [5.41, 5.74) is -2.44. The molecule has 0 atom stereocenters. The largest absolute Gasteiger partial charge is 0.433 e. The number of rotatable bonds is 5. The van der Waals surface area contributed by atoms with Crippen LogP contribution in [0, 0.1) is 0 Å². The van der Waals surface area contributed by atoms with Gasteiger partial charge in [0.25, 0.3) is 10.0 Å². The second-order valence-electron chi connectivity index (χ2n) is 9.31. The molecule has 0 aliphatic rings. The van der Waals surface area contributed by atoms with Crippen molar-refractivity contribution < 1.29 is 34.8 Å². The summed E-state index contributed by atoms with van der Waals surface area (Å²) in [5, 5.41) is 0. The standard InChI is InChI=1S/C24H20F6N4O2S2/c1-22(2,3)33-38(35,36)21-9-8-18(37-21)17-12-34(13-31-17)20-11-15(10-19(32-20)24(28,29)30)14-4-6-16(7-5-14)23(25,26)27/h4-13,33H,1-3H3. The minimum atomic E-state index is -4.82. The van der Waals surface area contributed by atoms with Gasteiger partial charge in [-0.05, 0) is 68.3 Å². The zero-order valence-electron chi connectivity index (χ0n) is 20.0. The Balaban J connectivity index is 1.71. The van der Waals surface area contributed by atoms with Gasteiger partial charge in [0.15, 0.2) is 0 Å². The van der Waals surface area contributed by atoms with Gasteiger partial charge in [-0.15, -0.1) is 11.3 Å². The van der Waals surface area contributed by atoms with E-state index in [0.717, 1.165) is 41.7 Å². The lowest BCUT2D eigenvalue weighted by Crippen LogP contribution is -2.40. The van der Waals surface area contributed by atoms with Crippen molar-refractivity contribution in [3.8, 4) is 27.5 Å². The van der Waals surface area contributed by atoms with Gasteiger partial charge in [-0.1, -0.05) is 12.1 Å². The van der Waals surface area contributed by atoms with Crippen LogP contribution in [0.5, 0.6) is 0 Å². The molecule has 0 saturated carbocycles. The molecule has 0 aliphatic carbocycles. The van der Waals surface area contributed by atoms with E-state index in [1.165, 1.54) is 35.3 Å². The molecular weight excluding hydrogens is 554 g/mol. The maximum absolute atomic E-state index is 13.6. The van der Waals surface area contributed by atoms with Crippen LogP contribution in [0.1, 0.15) is 32.0 Å². The van der Waals surface area contributed by atoms with Crippen LogP contribution in [0.2, 0.25) is 0 Å². The van der Waals surface area contributed by atoms with Crippen LogP contribution >= 0.6 is 11.3 Å². The molecule has 3 aromatic heterocycles. The summed E-state index contributed by atoms with van der Waals surface area (Å²) >= 11 is 0.934. The smallest absolute Gasteiger partial charge is 0.290 e. The van der Waals surface area contributed by atoms with E-state index in [9.17, 15) is 34.8 Å². The molecule has 0 unspecified atom stereocenters. The van der Waals surface area contributed by atoms with Crippen molar-refractivity contribution in [3.63, 3.8) is 0 Å². The van der Waals surface area contributed by atoms with Gasteiger partial charge in [-0.25, -0.2) is 23.1 Å². The van der Waals surface area contributed by atoms with E-state index in [0.29, 0.717) is 10.6 Å². The minimum Gasteiger partial charge on any atom is -0.290 e. The van der Waals surface area contributed by atoms with Crippen LogP contribution in [-0.2, 0) is 22.4 Å². The molecule has 1 N–H and O–H groups in total. The third kappa shape index (κ3) is 6.25. The fraction of sp³-hybridized carbons (Fsp3) is 0.250. The van der Waals surface area contributed by atoms with Crippen molar-refractivity contribution in [1.29, 1.82) is 0 Å². The van der Waals surface area contributed by atoms with E-state index < -0.39 is 39.2 Å². The Hall–Kier alpha value is -3.23. The van der Waals surface area contributed by atoms with Crippen molar-refractivity contribution in [1.82, 2.24) is 19.3 Å². The van der Waals surface area contributed by atoms with Gasteiger partial charge < -0.3 is 0 Å². The summed E-state index contributed by atoms with van der Waals surface area (Å²) in [7, 11) is -3.79. The van der Waals surface area contributed by atoms with Crippen LogP contribution in [0.3, 0.4) is 0 Å². The number of aromatic nitrogens is 3. The van der Waals surface area contributed by atoms with E-state index >= 15 is 0 Å². The highest BCUT2D eigenvalue weighted by atomic mass is 32.2. The first-order valence-electron chi connectivity index (χ1n) is 10.9. The van der Waals surface area contributed by atoms with E-state index in [4.69, 9.17) is 0 Å². The van der Waals surface area contributed by atoms with Crippen LogP contribution in [0.4, 0.5) is 26.3 Å². The molecule has 4 aromatic rings. The molecule has 0 spiro atoms.